The molecule has 0 aliphatic carbocycles. The number of fused-ring (bicyclic) bond motifs is 6. The highest BCUT2D eigenvalue weighted by Crippen LogP contribution is 2.42. The molecule has 0 saturated carbocycles. The molecule has 6 nitrogen and oxygen atoms in total. The maximum absolute atomic E-state index is 11.2. The van der Waals surface area contributed by atoms with Crippen LogP contribution in [-0.4, -0.2) is 24.1 Å². The third-order valence-electron chi connectivity index (χ3n) is 13.6. The van der Waals surface area contributed by atoms with Gasteiger partial charge in [0.25, 0.3) is 0 Å². The number of hydrogen-bond donors (Lipinski definition) is 0. The van der Waals surface area contributed by atoms with E-state index in [0.717, 1.165) is 60.9 Å². The predicted molar refractivity (Wildman–Crippen MR) is 284 cm³/mol. The minimum absolute atomic E-state index is 0.106. The SMILES string of the molecule is CC(C)(C)c1cc(-c2nc(-c3cc(C(C)(C)C)cc(C(C)(C)C)c3)nc(-c3ccc(-n4c5ccccc5c5cc6c7ccccc7n(-c7ccccc7)c6cc54)c(C#N)c3)n2)cc(C(C)(C)C)c1. The molecule has 0 fully saturated rings. The smallest absolute Gasteiger partial charge is 0.164 e. The van der Waals surface area contributed by atoms with Crippen LogP contribution in [0, 0.1) is 11.3 Å². The molecule has 0 unspecified atom stereocenters. The summed E-state index contributed by atoms with van der Waals surface area (Å²) in [6.07, 6.45) is 0. The fraction of sp³-hybridized carbons (Fsp3) is 0.258. The van der Waals surface area contributed by atoms with Crippen molar-refractivity contribution < 1.29 is 0 Å². The zero-order chi connectivity index (χ0) is 48.1. The van der Waals surface area contributed by atoms with Crippen LogP contribution >= 0.6 is 0 Å². The summed E-state index contributed by atoms with van der Waals surface area (Å²) in [5.41, 5.74) is 13.8. The van der Waals surface area contributed by atoms with Crippen molar-refractivity contribution in [3.05, 3.63) is 173 Å². The lowest BCUT2D eigenvalue weighted by Gasteiger charge is -2.26. The van der Waals surface area contributed by atoms with E-state index in [1.165, 1.54) is 33.0 Å². The van der Waals surface area contributed by atoms with Gasteiger partial charge in [-0.1, -0.05) is 150 Å². The molecule has 68 heavy (non-hydrogen) atoms. The molecule has 6 heteroatoms. The Balaban J connectivity index is 1.22. The van der Waals surface area contributed by atoms with Crippen LogP contribution < -0.4 is 0 Å². The molecule has 0 amide bonds. The van der Waals surface area contributed by atoms with Crippen LogP contribution in [-0.2, 0) is 21.7 Å². The van der Waals surface area contributed by atoms with Crippen molar-refractivity contribution in [2.24, 2.45) is 0 Å². The van der Waals surface area contributed by atoms with Crippen LogP contribution in [0.2, 0.25) is 0 Å². The van der Waals surface area contributed by atoms with Gasteiger partial charge < -0.3 is 9.13 Å². The molecule has 0 atom stereocenters. The van der Waals surface area contributed by atoms with Gasteiger partial charge in [-0.15, -0.1) is 0 Å². The average Bonchev–Trinajstić information content (AvgIpc) is 3.81. The predicted octanol–water partition coefficient (Wildman–Crippen LogP) is 16.1. The Hall–Kier alpha value is -7.36. The van der Waals surface area contributed by atoms with Gasteiger partial charge in [0, 0.05) is 43.9 Å². The van der Waals surface area contributed by atoms with Crippen molar-refractivity contribution >= 4 is 43.6 Å². The monoisotopic (exact) mass is 888 g/mol. The molecule has 0 aliphatic heterocycles. The Labute approximate surface area is 401 Å². The topological polar surface area (TPSA) is 72.3 Å². The van der Waals surface area contributed by atoms with Gasteiger partial charge >= 0.3 is 0 Å². The molecule has 0 saturated heterocycles. The van der Waals surface area contributed by atoms with Crippen molar-refractivity contribution in [3.8, 4) is 51.6 Å². The lowest BCUT2D eigenvalue weighted by atomic mass is 9.79. The fourth-order valence-corrected chi connectivity index (χ4v) is 9.51. The molecule has 0 radical (unpaired) electrons. The van der Waals surface area contributed by atoms with Crippen molar-refractivity contribution in [1.82, 2.24) is 24.1 Å². The molecule has 0 bridgehead atoms. The molecular formula is C62H60N6. The van der Waals surface area contributed by atoms with Crippen LogP contribution in [0.15, 0.2) is 146 Å². The maximum atomic E-state index is 11.2. The molecule has 10 rings (SSSR count). The number of rotatable bonds is 5. The number of hydrogen-bond acceptors (Lipinski definition) is 4. The van der Waals surface area contributed by atoms with Crippen LogP contribution in [0.25, 0.3) is 89.2 Å². The molecule has 3 heterocycles. The molecular weight excluding hydrogens is 829 g/mol. The summed E-state index contributed by atoms with van der Waals surface area (Å²) in [4.78, 5) is 16.0. The third kappa shape index (κ3) is 7.84. The van der Waals surface area contributed by atoms with E-state index in [1.807, 2.05) is 6.07 Å². The van der Waals surface area contributed by atoms with E-state index in [4.69, 9.17) is 15.0 Å². The van der Waals surface area contributed by atoms with Crippen molar-refractivity contribution in [3.63, 3.8) is 0 Å². The van der Waals surface area contributed by atoms with Gasteiger partial charge in [0.1, 0.15) is 6.07 Å². The van der Waals surface area contributed by atoms with E-state index in [-0.39, 0.29) is 21.7 Å². The van der Waals surface area contributed by atoms with Crippen LogP contribution in [0.3, 0.4) is 0 Å². The Morgan fingerprint density at radius 1 is 0.368 bits per heavy atom. The van der Waals surface area contributed by atoms with Gasteiger partial charge in [0.2, 0.25) is 0 Å². The van der Waals surface area contributed by atoms with Gasteiger partial charge in [-0.05, 0) is 123 Å². The first-order chi connectivity index (χ1) is 32.2. The Morgan fingerprint density at radius 2 is 0.779 bits per heavy atom. The Kier molecular flexibility index (Phi) is 10.4. The zero-order valence-electron chi connectivity index (χ0n) is 41.5. The highest BCUT2D eigenvalue weighted by Gasteiger charge is 2.26. The first-order valence-corrected chi connectivity index (χ1v) is 23.8. The zero-order valence-corrected chi connectivity index (χ0v) is 41.5. The molecule has 10 aromatic rings. The summed E-state index contributed by atoms with van der Waals surface area (Å²) in [6.45, 7) is 27.0. The molecule has 338 valence electrons. The summed E-state index contributed by atoms with van der Waals surface area (Å²) < 4.78 is 4.60. The average molecular weight is 889 g/mol. The van der Waals surface area contributed by atoms with Crippen molar-refractivity contribution in [2.75, 3.05) is 0 Å². The lowest BCUT2D eigenvalue weighted by Crippen LogP contribution is -2.17. The van der Waals surface area contributed by atoms with E-state index in [1.54, 1.807) is 0 Å². The summed E-state index contributed by atoms with van der Waals surface area (Å²) in [6, 6.07) is 54.6. The molecule has 3 aromatic heterocycles. The van der Waals surface area contributed by atoms with E-state index >= 15 is 0 Å². The highest BCUT2D eigenvalue weighted by molar-refractivity contribution is 6.19. The van der Waals surface area contributed by atoms with Gasteiger partial charge in [0.05, 0.1) is 33.3 Å². The summed E-state index contributed by atoms with van der Waals surface area (Å²) in [7, 11) is 0. The third-order valence-corrected chi connectivity index (χ3v) is 13.6. The van der Waals surface area contributed by atoms with E-state index in [9.17, 15) is 5.26 Å². The number of aromatic nitrogens is 5. The van der Waals surface area contributed by atoms with E-state index in [0.29, 0.717) is 23.0 Å². The quantitative estimate of drug-likeness (QED) is 0.173. The second-order valence-electron chi connectivity index (χ2n) is 22.7. The van der Waals surface area contributed by atoms with Gasteiger partial charge in [-0.2, -0.15) is 5.26 Å². The molecule has 0 N–H and O–H groups in total. The Morgan fingerprint density at radius 3 is 1.24 bits per heavy atom. The summed E-state index contributed by atoms with van der Waals surface area (Å²) in [5, 5.41) is 15.8. The lowest BCUT2D eigenvalue weighted by molar-refractivity contribution is 0.568. The second-order valence-corrected chi connectivity index (χ2v) is 22.7. The molecule has 7 aromatic carbocycles. The minimum Gasteiger partial charge on any atom is -0.309 e. The second kappa shape index (κ2) is 15.9. The Bertz CT molecular complexity index is 3500. The van der Waals surface area contributed by atoms with E-state index in [2.05, 4.69) is 238 Å². The fourth-order valence-electron chi connectivity index (χ4n) is 9.51. The van der Waals surface area contributed by atoms with Gasteiger partial charge in [-0.25, -0.2) is 15.0 Å². The first kappa shape index (κ1) is 44.5. The standard InChI is InChI=1S/C62H60N6/c1-59(2,3)42-29-39(30-43(33-42)60(4,5)6)57-64-56(65-58(66-57)40-31-44(61(7,8)9)34-45(32-40)62(10,11)12)38-26-27-51(41(28-38)37-63)68-53-25-19-17-23-48(53)50-35-49-47-22-16-18-24-52(47)67(54(49)36-55(50)68)46-20-14-13-15-21-46/h13-36H,1-12H3. The summed E-state index contributed by atoms with van der Waals surface area (Å²) in [5.74, 6) is 1.71. The first-order valence-electron chi connectivity index (χ1n) is 23.8. The van der Waals surface area contributed by atoms with Crippen molar-refractivity contribution in [2.45, 2.75) is 105 Å². The van der Waals surface area contributed by atoms with Crippen molar-refractivity contribution in [1.29, 1.82) is 5.26 Å². The molecule has 0 aliphatic rings. The summed E-state index contributed by atoms with van der Waals surface area (Å²) >= 11 is 0. The van der Waals surface area contributed by atoms with Gasteiger partial charge in [-0.3, -0.25) is 0 Å². The number of para-hydroxylation sites is 3. The maximum Gasteiger partial charge on any atom is 0.164 e. The van der Waals surface area contributed by atoms with Crippen LogP contribution in [0.5, 0.6) is 0 Å². The molecule has 0 spiro atoms. The van der Waals surface area contributed by atoms with Crippen LogP contribution in [0.4, 0.5) is 0 Å². The normalized spacial score (nSPS) is 12.7. The minimum atomic E-state index is -0.106. The van der Waals surface area contributed by atoms with Crippen LogP contribution in [0.1, 0.15) is 111 Å². The van der Waals surface area contributed by atoms with E-state index < -0.39 is 0 Å². The number of benzene rings is 7. The highest BCUT2D eigenvalue weighted by atomic mass is 15.0. The van der Waals surface area contributed by atoms with Gasteiger partial charge in [0.15, 0.2) is 17.5 Å². The number of nitriles is 1. The number of nitrogens with zero attached hydrogens (tertiary/aromatic N) is 6. The largest absolute Gasteiger partial charge is 0.309 e.